The lowest BCUT2D eigenvalue weighted by Crippen LogP contribution is -1.90. The molecule has 20 heavy (non-hydrogen) atoms. The molecule has 3 rings (SSSR count). The first-order chi connectivity index (χ1) is 9.78. The Balaban J connectivity index is 2.07. The van der Waals surface area contributed by atoms with E-state index in [-0.39, 0.29) is 0 Å². The minimum Gasteiger partial charge on any atom is -0.456 e. The zero-order valence-electron chi connectivity index (χ0n) is 10.6. The number of rotatable bonds is 3. The number of benzene rings is 3. The molecule has 3 heteroatoms. The van der Waals surface area contributed by atoms with Crippen molar-refractivity contribution in [3.05, 3.63) is 70.7 Å². The second-order valence-electron chi connectivity index (χ2n) is 4.47. The summed E-state index contributed by atoms with van der Waals surface area (Å²) in [5.41, 5.74) is 1.13. The molecule has 0 N–H and O–H groups in total. The molecule has 0 bridgehead atoms. The largest absolute Gasteiger partial charge is 0.456 e. The van der Waals surface area contributed by atoms with Crippen molar-refractivity contribution in [3.63, 3.8) is 0 Å². The average Bonchev–Trinajstić information content (AvgIpc) is 2.48. The summed E-state index contributed by atoms with van der Waals surface area (Å²) in [5.74, 6) is 1.75. The van der Waals surface area contributed by atoms with E-state index in [1.165, 1.54) is 5.39 Å². The van der Waals surface area contributed by atoms with Crippen molar-refractivity contribution in [2.24, 2.45) is 0 Å². The van der Waals surface area contributed by atoms with Gasteiger partial charge in [-0.2, -0.15) is 0 Å². The van der Waals surface area contributed by atoms with Crippen LogP contribution in [0.25, 0.3) is 10.8 Å². The van der Waals surface area contributed by atoms with Crippen LogP contribution in [0.15, 0.2) is 65.1 Å². The Labute approximate surface area is 134 Å². The summed E-state index contributed by atoms with van der Waals surface area (Å²) in [6.45, 7) is 0. The number of hydrogen-bond donors (Lipinski definition) is 0. The van der Waals surface area contributed by atoms with Gasteiger partial charge in [-0.1, -0.05) is 74.3 Å². The van der Waals surface area contributed by atoms with Crippen molar-refractivity contribution in [1.82, 2.24) is 0 Å². The van der Waals surface area contributed by atoms with Crippen LogP contribution in [0.4, 0.5) is 0 Å². The number of alkyl halides is 1. The molecule has 0 aliphatic heterocycles. The minimum absolute atomic E-state index is 0.764. The third kappa shape index (κ3) is 2.74. The summed E-state index contributed by atoms with van der Waals surface area (Å²) < 4.78 is 7.15. The van der Waals surface area contributed by atoms with Crippen molar-refractivity contribution in [3.8, 4) is 11.5 Å². The molecule has 0 aliphatic rings. The number of hydrogen-bond acceptors (Lipinski definition) is 1. The van der Waals surface area contributed by atoms with E-state index >= 15 is 0 Å². The summed E-state index contributed by atoms with van der Waals surface area (Å²) in [4.78, 5) is 0. The molecule has 3 aromatic carbocycles. The number of ether oxygens (including phenoxy) is 1. The monoisotopic (exact) mass is 390 g/mol. The van der Waals surface area contributed by atoms with Crippen LogP contribution in [0.1, 0.15) is 5.56 Å². The number of halogens is 2. The topological polar surface area (TPSA) is 9.23 Å². The second kappa shape index (κ2) is 5.98. The third-order valence-electron chi connectivity index (χ3n) is 3.14. The highest BCUT2D eigenvalue weighted by Gasteiger charge is 2.07. The van der Waals surface area contributed by atoms with Gasteiger partial charge in [0.1, 0.15) is 11.5 Å². The lowest BCUT2D eigenvalue weighted by molar-refractivity contribution is 0.484. The maximum absolute atomic E-state index is 6.13. The van der Waals surface area contributed by atoms with E-state index in [9.17, 15) is 0 Å². The van der Waals surface area contributed by atoms with Crippen LogP contribution < -0.4 is 4.74 Å². The summed E-state index contributed by atoms with van der Waals surface area (Å²) in [6, 6.07) is 20.4. The molecule has 1 nitrogen and oxygen atoms in total. The molecular weight excluding hydrogens is 380 g/mol. The van der Waals surface area contributed by atoms with Crippen molar-refractivity contribution in [2.75, 3.05) is 0 Å². The molecule has 0 unspecified atom stereocenters. The van der Waals surface area contributed by atoms with Gasteiger partial charge in [-0.15, -0.1) is 0 Å². The van der Waals surface area contributed by atoms with Crippen molar-refractivity contribution < 1.29 is 4.74 Å². The molecule has 0 saturated carbocycles. The van der Waals surface area contributed by atoms with E-state index in [0.29, 0.717) is 0 Å². The molecule has 0 radical (unpaired) electrons. The quantitative estimate of drug-likeness (QED) is 0.476. The molecule has 0 amide bonds. The molecule has 3 aromatic rings. The minimum atomic E-state index is 0.764. The highest BCUT2D eigenvalue weighted by atomic mass is 79.9. The van der Waals surface area contributed by atoms with Gasteiger partial charge in [-0.3, -0.25) is 0 Å². The molecule has 0 fully saturated rings. The summed E-state index contributed by atoms with van der Waals surface area (Å²) in [7, 11) is 0. The Morgan fingerprint density at radius 3 is 2.50 bits per heavy atom. The van der Waals surface area contributed by atoms with Gasteiger partial charge in [-0.05, 0) is 23.6 Å². The smallest absolute Gasteiger partial charge is 0.135 e. The first-order valence-electron chi connectivity index (χ1n) is 6.28. The highest BCUT2D eigenvalue weighted by Crippen LogP contribution is 2.33. The lowest BCUT2D eigenvalue weighted by atomic mass is 10.1. The molecule has 0 aromatic heterocycles. The van der Waals surface area contributed by atoms with Crippen LogP contribution >= 0.6 is 31.9 Å². The van der Waals surface area contributed by atoms with Gasteiger partial charge < -0.3 is 4.74 Å². The van der Waals surface area contributed by atoms with Gasteiger partial charge >= 0.3 is 0 Å². The average molecular weight is 392 g/mol. The molecule has 0 heterocycles. The van der Waals surface area contributed by atoms with E-state index in [1.807, 2.05) is 36.4 Å². The highest BCUT2D eigenvalue weighted by molar-refractivity contribution is 9.10. The first-order valence-corrected chi connectivity index (χ1v) is 8.19. The van der Waals surface area contributed by atoms with Crippen LogP contribution in [-0.2, 0) is 5.33 Å². The van der Waals surface area contributed by atoms with Crippen LogP contribution in [0, 0.1) is 0 Å². The fourth-order valence-corrected chi connectivity index (χ4v) is 2.94. The summed E-state index contributed by atoms with van der Waals surface area (Å²) in [6.07, 6.45) is 0. The van der Waals surface area contributed by atoms with Gasteiger partial charge in [0.2, 0.25) is 0 Å². The normalized spacial score (nSPS) is 10.7. The molecule has 0 saturated heterocycles. The standard InChI is InChI=1S/C17H12Br2O/c18-11-13-8-9-14(19)10-17(13)20-16-7-3-5-12-4-1-2-6-15(12)16/h1-10H,11H2. The molecule has 0 spiro atoms. The molecule has 0 atom stereocenters. The fraction of sp³-hybridized carbons (Fsp3) is 0.0588. The number of fused-ring (bicyclic) bond motifs is 1. The van der Waals surface area contributed by atoms with E-state index in [1.54, 1.807) is 0 Å². The van der Waals surface area contributed by atoms with Crippen molar-refractivity contribution in [1.29, 1.82) is 0 Å². The van der Waals surface area contributed by atoms with E-state index in [2.05, 4.69) is 56.1 Å². The Morgan fingerprint density at radius 1 is 0.850 bits per heavy atom. The molecular formula is C17H12Br2O. The van der Waals surface area contributed by atoms with Crippen molar-refractivity contribution >= 4 is 42.6 Å². The van der Waals surface area contributed by atoms with Gasteiger partial charge in [-0.25, -0.2) is 0 Å². The van der Waals surface area contributed by atoms with Crippen LogP contribution in [-0.4, -0.2) is 0 Å². The SMILES string of the molecule is BrCc1ccc(Br)cc1Oc1cccc2ccccc12. The Morgan fingerprint density at radius 2 is 1.65 bits per heavy atom. The van der Waals surface area contributed by atoms with E-state index in [0.717, 1.165) is 32.3 Å². The first kappa shape index (κ1) is 13.7. The predicted octanol–water partition coefficient (Wildman–Crippen LogP) is 6.29. The Bertz CT molecular complexity index is 748. The van der Waals surface area contributed by atoms with Gasteiger partial charge in [0, 0.05) is 20.8 Å². The fourth-order valence-electron chi connectivity index (χ4n) is 2.14. The van der Waals surface area contributed by atoms with E-state index in [4.69, 9.17) is 4.74 Å². The molecule has 0 aliphatic carbocycles. The van der Waals surface area contributed by atoms with Gasteiger partial charge in [0.05, 0.1) is 0 Å². The lowest BCUT2D eigenvalue weighted by Gasteiger charge is -2.12. The van der Waals surface area contributed by atoms with Crippen LogP contribution in [0.5, 0.6) is 11.5 Å². The Kier molecular flexibility index (Phi) is 4.08. The summed E-state index contributed by atoms with van der Waals surface area (Å²) in [5, 5.41) is 3.07. The maximum atomic E-state index is 6.13. The predicted molar refractivity (Wildman–Crippen MR) is 90.8 cm³/mol. The second-order valence-corrected chi connectivity index (χ2v) is 5.94. The Hall–Kier alpha value is -1.32. The zero-order valence-corrected chi connectivity index (χ0v) is 13.8. The van der Waals surface area contributed by atoms with E-state index < -0.39 is 0 Å². The summed E-state index contributed by atoms with van der Waals surface area (Å²) >= 11 is 6.99. The van der Waals surface area contributed by atoms with Crippen LogP contribution in [0.3, 0.4) is 0 Å². The van der Waals surface area contributed by atoms with Gasteiger partial charge in [0.25, 0.3) is 0 Å². The van der Waals surface area contributed by atoms with Crippen LogP contribution in [0.2, 0.25) is 0 Å². The van der Waals surface area contributed by atoms with Crippen molar-refractivity contribution in [2.45, 2.75) is 5.33 Å². The third-order valence-corrected chi connectivity index (χ3v) is 4.24. The zero-order chi connectivity index (χ0) is 13.9. The molecule has 100 valence electrons. The van der Waals surface area contributed by atoms with Gasteiger partial charge in [0.15, 0.2) is 0 Å². The maximum Gasteiger partial charge on any atom is 0.135 e.